The molecule has 0 fully saturated rings. The predicted molar refractivity (Wildman–Crippen MR) is 192 cm³/mol. The molecule has 0 saturated heterocycles. The summed E-state index contributed by atoms with van der Waals surface area (Å²) in [7, 11) is 3.53. The molecule has 0 radical (unpaired) electrons. The Bertz CT molecular complexity index is 1870. The first kappa shape index (κ1) is 38.1. The van der Waals surface area contributed by atoms with Gasteiger partial charge in [0.2, 0.25) is 0 Å². The molecule has 0 aliphatic heterocycles. The van der Waals surface area contributed by atoms with Gasteiger partial charge in [0.15, 0.2) is 0 Å². The molecule has 250 valence electrons. The minimum absolute atomic E-state index is 0. The summed E-state index contributed by atoms with van der Waals surface area (Å²) in [6, 6.07) is 25.8. The fourth-order valence-electron chi connectivity index (χ4n) is 7.30. The van der Waals surface area contributed by atoms with Crippen molar-refractivity contribution in [1.29, 1.82) is 0 Å². The molecule has 2 nitrogen and oxygen atoms in total. The van der Waals surface area contributed by atoms with Gasteiger partial charge in [0.25, 0.3) is 0 Å². The minimum Gasteiger partial charge on any atom is -1.00 e. The van der Waals surface area contributed by atoms with Gasteiger partial charge in [0, 0.05) is 0 Å². The van der Waals surface area contributed by atoms with Crippen molar-refractivity contribution in [2.24, 2.45) is 0 Å². The van der Waals surface area contributed by atoms with E-state index < -0.39 is 21.3 Å². The third-order valence-electron chi connectivity index (χ3n) is 9.74. The fraction of sp³-hybridized carbons (Fsp3) is 0.326. The Kier molecular flexibility index (Phi) is 11.6. The Morgan fingerprint density at radius 3 is 1.69 bits per heavy atom. The predicted octanol–water partition coefficient (Wildman–Crippen LogP) is 3.92. The largest absolute Gasteiger partial charge is 1.00 e. The van der Waals surface area contributed by atoms with Crippen molar-refractivity contribution in [2.45, 2.75) is 76.3 Å². The van der Waals surface area contributed by atoms with Crippen LogP contribution in [0.25, 0.3) is 11.1 Å². The number of rotatable bonds is 6. The molecule has 5 heteroatoms. The van der Waals surface area contributed by atoms with Gasteiger partial charge in [0.1, 0.15) is 0 Å². The minimum atomic E-state index is -2.88. The summed E-state index contributed by atoms with van der Waals surface area (Å²) >= 11 is -2.88. The molecule has 0 atom stereocenters. The van der Waals surface area contributed by atoms with Gasteiger partial charge in [-0.15, -0.1) is 0 Å². The molecule has 2 aliphatic carbocycles. The maximum Gasteiger partial charge on any atom is -1.00 e. The van der Waals surface area contributed by atoms with Crippen LogP contribution in [-0.4, -0.2) is 17.4 Å². The molecule has 6 rings (SSSR count). The van der Waals surface area contributed by atoms with Crippen molar-refractivity contribution in [1.82, 2.24) is 0 Å². The van der Waals surface area contributed by atoms with E-state index in [4.69, 9.17) is 9.47 Å². The standard InChI is InChI=1S/C21H25.C17H18O2.C5H5.2ClH.Zr/c1-20(2,3)16-7-9-18-14(12-16)11-15-13-17(21(4,5)6)8-10-19(15)18;1-12-9-14(5-7-16(12)18-3)11-15-6-8-17(19-4)13(2)10-15;1-2-4-5-3-1;;;/h7-10,12H,11H2,1-6H3;5-10H,1-4H3;1-5H;2*1H;/q;;;;;+2/p-2. The number of hydrogen-bond donors (Lipinski definition) is 0. The quantitative estimate of drug-likeness (QED) is 0.262. The summed E-state index contributed by atoms with van der Waals surface area (Å²) in [5, 5.41) is 0. The van der Waals surface area contributed by atoms with Gasteiger partial charge in [-0.25, -0.2) is 0 Å². The van der Waals surface area contributed by atoms with Crippen molar-refractivity contribution >= 4 is 6.48 Å². The first-order chi connectivity index (χ1) is 21.8. The van der Waals surface area contributed by atoms with Gasteiger partial charge in [0.05, 0.1) is 0 Å². The molecule has 0 heterocycles. The molecule has 0 saturated carbocycles. The Hall–Kier alpha value is -2.71. The average molecular weight is 759 g/mol. The van der Waals surface area contributed by atoms with Gasteiger partial charge in [-0.2, -0.15) is 0 Å². The third kappa shape index (κ3) is 7.12. The van der Waals surface area contributed by atoms with Crippen LogP contribution in [0.1, 0.15) is 86.1 Å². The zero-order valence-corrected chi connectivity index (χ0v) is 34.0. The van der Waals surface area contributed by atoms with Crippen LogP contribution in [0.4, 0.5) is 0 Å². The maximum absolute atomic E-state index is 5.74. The molecule has 0 unspecified atom stereocenters. The van der Waals surface area contributed by atoms with Crippen LogP contribution in [0.15, 0.2) is 91.0 Å². The van der Waals surface area contributed by atoms with Crippen LogP contribution in [0, 0.1) is 13.8 Å². The molecule has 0 N–H and O–H groups in total. The summed E-state index contributed by atoms with van der Waals surface area (Å²) in [4.78, 5) is 0. The van der Waals surface area contributed by atoms with E-state index >= 15 is 0 Å². The van der Waals surface area contributed by atoms with E-state index in [0.717, 1.165) is 17.9 Å². The van der Waals surface area contributed by atoms with Crippen LogP contribution in [-0.2, 0) is 38.5 Å². The third-order valence-corrected chi connectivity index (χ3v) is 17.8. The number of hydrogen-bond acceptors (Lipinski definition) is 2. The van der Waals surface area contributed by atoms with E-state index in [1.54, 1.807) is 23.1 Å². The van der Waals surface area contributed by atoms with Crippen molar-refractivity contribution in [3.63, 3.8) is 0 Å². The zero-order chi connectivity index (χ0) is 33.0. The monoisotopic (exact) mass is 756 g/mol. The number of allylic oxidation sites excluding steroid dienone is 4. The van der Waals surface area contributed by atoms with E-state index in [1.165, 1.54) is 53.3 Å². The number of methoxy groups -OCH3 is 2. The summed E-state index contributed by atoms with van der Waals surface area (Å²) in [5.41, 5.74) is 13.9. The number of halogens is 2. The second-order valence-corrected chi connectivity index (χ2v) is 21.1. The molecule has 0 spiro atoms. The van der Waals surface area contributed by atoms with E-state index in [2.05, 4.69) is 146 Å². The summed E-state index contributed by atoms with van der Waals surface area (Å²) in [6.45, 7) is 18.5. The van der Waals surface area contributed by atoms with Gasteiger partial charge < -0.3 is 24.8 Å². The van der Waals surface area contributed by atoms with Gasteiger partial charge >= 0.3 is 286 Å². The smallest absolute Gasteiger partial charge is 1.00 e. The van der Waals surface area contributed by atoms with Crippen molar-refractivity contribution < 1.29 is 55.6 Å². The van der Waals surface area contributed by atoms with Gasteiger partial charge in [-0.05, 0) is 0 Å². The zero-order valence-electron chi connectivity index (χ0n) is 30.0. The molecule has 2 aliphatic rings. The Morgan fingerprint density at radius 2 is 1.21 bits per heavy atom. The normalized spacial score (nSPS) is 13.2. The summed E-state index contributed by atoms with van der Waals surface area (Å²) in [5.74, 6) is 1.86. The van der Waals surface area contributed by atoms with E-state index in [-0.39, 0.29) is 35.6 Å². The Labute approximate surface area is 308 Å². The second-order valence-electron chi connectivity index (χ2n) is 15.0. The van der Waals surface area contributed by atoms with Crippen molar-refractivity contribution in [3.8, 4) is 22.6 Å². The second kappa shape index (κ2) is 14.6. The van der Waals surface area contributed by atoms with Crippen LogP contribution >= 0.6 is 0 Å². The Morgan fingerprint density at radius 1 is 0.667 bits per heavy atom. The number of benzene rings is 4. The summed E-state index contributed by atoms with van der Waals surface area (Å²) < 4.78 is 15.1. The van der Waals surface area contributed by atoms with E-state index in [1.807, 2.05) is 0 Å². The van der Waals surface area contributed by atoms with Crippen LogP contribution in [0.3, 0.4) is 0 Å². The number of ether oxygens (including phenoxy) is 2. The van der Waals surface area contributed by atoms with Crippen molar-refractivity contribution in [2.75, 3.05) is 14.2 Å². The number of fused-ring (bicyclic) bond motifs is 3. The van der Waals surface area contributed by atoms with Gasteiger partial charge in [-0.1, -0.05) is 0 Å². The number of aryl methyl sites for hydroxylation is 2. The molecule has 0 amide bonds. The molecule has 4 aromatic carbocycles. The fourth-order valence-corrected chi connectivity index (χ4v) is 16.5. The van der Waals surface area contributed by atoms with Gasteiger partial charge in [-0.3, -0.25) is 0 Å². The van der Waals surface area contributed by atoms with Crippen LogP contribution in [0.5, 0.6) is 11.5 Å². The molecule has 4 aromatic rings. The molecule has 48 heavy (non-hydrogen) atoms. The topological polar surface area (TPSA) is 18.5 Å². The maximum atomic E-state index is 5.74. The Balaban J connectivity index is 0.00000260. The van der Waals surface area contributed by atoms with E-state index in [0.29, 0.717) is 3.63 Å². The first-order valence-corrected chi connectivity index (χ1v) is 20.4. The van der Waals surface area contributed by atoms with Crippen LogP contribution in [0.2, 0.25) is 3.63 Å². The van der Waals surface area contributed by atoms with Crippen LogP contribution < -0.4 is 37.6 Å². The molecule has 0 aromatic heterocycles. The van der Waals surface area contributed by atoms with Crippen molar-refractivity contribution in [3.05, 3.63) is 136 Å². The molecular weight excluding hydrogens is 711 g/mol. The SMILES string of the molecule is COc1ccc([C](c2ccc(OC)c(C)c2)=[Zr+2]([c]2c(C(C)(C)C)ccc3c2Cc2cc(C(C)(C)C)ccc2-3)[CH]2C=CC=C2)cc1C.[Cl-].[Cl-]. The van der Waals surface area contributed by atoms with E-state index in [9.17, 15) is 0 Å². The first-order valence-electron chi connectivity index (χ1n) is 16.5. The average Bonchev–Trinajstić information content (AvgIpc) is 3.66. The summed E-state index contributed by atoms with van der Waals surface area (Å²) in [6.07, 6.45) is 10.5. The molecular formula is C43H48Cl2O2Zr. The molecule has 0 bridgehead atoms.